The molecule has 0 aliphatic carbocycles. The monoisotopic (exact) mass is 433 g/mol. The van der Waals surface area contributed by atoms with E-state index < -0.39 is 0 Å². The Hall–Kier alpha value is -2.38. The number of halogens is 1. The van der Waals surface area contributed by atoms with Crippen molar-refractivity contribution in [2.45, 2.75) is 19.8 Å². The Kier molecular flexibility index (Phi) is 7.28. The summed E-state index contributed by atoms with van der Waals surface area (Å²) in [7, 11) is 0. The van der Waals surface area contributed by atoms with Crippen LogP contribution < -0.4 is 10.2 Å². The number of carbonyl (C=O) groups excluding carboxylic acids is 3. The number of amides is 2. The molecule has 8 heteroatoms. The first kappa shape index (κ1) is 21.3. The largest absolute Gasteiger partial charge is 0.368 e. The Morgan fingerprint density at radius 2 is 1.69 bits per heavy atom. The molecule has 6 nitrogen and oxygen atoms in total. The fourth-order valence-electron chi connectivity index (χ4n) is 3.17. The van der Waals surface area contributed by atoms with Crippen molar-refractivity contribution in [1.82, 2.24) is 10.2 Å². The lowest BCUT2D eigenvalue weighted by Crippen LogP contribution is -2.51. The maximum Gasteiger partial charge on any atom is 0.242 e. The second-order valence-corrected chi connectivity index (χ2v) is 8.68. The van der Waals surface area contributed by atoms with E-state index in [1.165, 1.54) is 11.3 Å². The van der Waals surface area contributed by atoms with E-state index in [0.29, 0.717) is 23.0 Å². The molecule has 0 unspecified atom stereocenters. The molecule has 0 spiro atoms. The van der Waals surface area contributed by atoms with Crippen LogP contribution in [0, 0.1) is 6.92 Å². The smallest absolute Gasteiger partial charge is 0.242 e. The molecule has 1 saturated heterocycles. The van der Waals surface area contributed by atoms with Gasteiger partial charge in [-0.15, -0.1) is 11.3 Å². The van der Waals surface area contributed by atoms with Crippen LogP contribution in [0.25, 0.3) is 0 Å². The minimum absolute atomic E-state index is 0.0356. The molecule has 1 aliphatic rings. The van der Waals surface area contributed by atoms with Crippen LogP contribution in [0.1, 0.15) is 27.4 Å². The Bertz CT molecular complexity index is 874. The highest BCUT2D eigenvalue weighted by Crippen LogP contribution is 2.19. The van der Waals surface area contributed by atoms with E-state index in [4.69, 9.17) is 11.6 Å². The molecular formula is C21H24ClN3O3S. The Balaban J connectivity index is 1.36. The minimum Gasteiger partial charge on any atom is -0.368 e. The molecule has 0 bridgehead atoms. The summed E-state index contributed by atoms with van der Waals surface area (Å²) in [5.41, 5.74) is 1.08. The zero-order valence-electron chi connectivity index (χ0n) is 16.3. The molecule has 154 valence electrons. The fraction of sp³-hybridized carbons (Fsp3) is 0.381. The average Bonchev–Trinajstić information content (AvgIpc) is 3.17. The van der Waals surface area contributed by atoms with E-state index in [9.17, 15) is 14.4 Å². The van der Waals surface area contributed by atoms with Crippen molar-refractivity contribution in [3.8, 4) is 0 Å². The van der Waals surface area contributed by atoms with Crippen molar-refractivity contribution in [1.29, 1.82) is 0 Å². The summed E-state index contributed by atoms with van der Waals surface area (Å²) in [6.07, 6.45) is 0.243. The number of carbonyl (C=O) groups is 3. The molecule has 1 N–H and O–H groups in total. The lowest BCUT2D eigenvalue weighted by Gasteiger charge is -2.36. The van der Waals surface area contributed by atoms with Crippen LogP contribution in [0.15, 0.2) is 36.4 Å². The molecular weight excluding hydrogens is 410 g/mol. The Labute approximate surface area is 179 Å². The van der Waals surface area contributed by atoms with E-state index in [-0.39, 0.29) is 37.0 Å². The van der Waals surface area contributed by atoms with Gasteiger partial charge in [0.05, 0.1) is 11.4 Å². The average molecular weight is 434 g/mol. The predicted molar refractivity (Wildman–Crippen MR) is 116 cm³/mol. The number of Topliss-reactive ketones (excluding diaryl/α,β-unsaturated/α-hetero) is 1. The molecule has 2 aromatic rings. The van der Waals surface area contributed by atoms with Crippen LogP contribution in [-0.4, -0.2) is 55.2 Å². The SMILES string of the molecule is Cc1ccc(C(=O)CCC(=O)NCC(=O)N2CCN(c3ccc(Cl)cc3)CC2)s1. The number of nitrogens with zero attached hydrogens (tertiary/aromatic N) is 2. The number of anilines is 1. The van der Waals surface area contributed by atoms with Gasteiger partial charge >= 0.3 is 0 Å². The van der Waals surface area contributed by atoms with Gasteiger partial charge in [-0.3, -0.25) is 14.4 Å². The van der Waals surface area contributed by atoms with Gasteiger partial charge in [0.15, 0.2) is 5.78 Å². The summed E-state index contributed by atoms with van der Waals surface area (Å²) in [4.78, 5) is 42.1. The number of hydrogen-bond acceptors (Lipinski definition) is 5. The van der Waals surface area contributed by atoms with E-state index in [2.05, 4.69) is 10.2 Å². The summed E-state index contributed by atoms with van der Waals surface area (Å²) in [6.45, 7) is 4.58. The number of hydrogen-bond donors (Lipinski definition) is 1. The molecule has 1 aromatic heterocycles. The van der Waals surface area contributed by atoms with Gasteiger partial charge in [-0.1, -0.05) is 11.6 Å². The molecule has 0 saturated carbocycles. The highest BCUT2D eigenvalue weighted by Gasteiger charge is 2.21. The van der Waals surface area contributed by atoms with Crippen molar-refractivity contribution in [3.63, 3.8) is 0 Å². The van der Waals surface area contributed by atoms with Gasteiger partial charge in [0.25, 0.3) is 0 Å². The summed E-state index contributed by atoms with van der Waals surface area (Å²) in [5, 5.41) is 3.33. The van der Waals surface area contributed by atoms with E-state index in [1.807, 2.05) is 37.3 Å². The van der Waals surface area contributed by atoms with Crippen LogP contribution in [0.2, 0.25) is 5.02 Å². The Morgan fingerprint density at radius 1 is 1.00 bits per heavy atom. The normalized spacial score (nSPS) is 14.0. The van der Waals surface area contributed by atoms with Crippen molar-refractivity contribution in [3.05, 3.63) is 51.2 Å². The van der Waals surface area contributed by atoms with Gasteiger partial charge in [-0.25, -0.2) is 0 Å². The first-order valence-corrected chi connectivity index (χ1v) is 10.8. The molecule has 3 rings (SSSR count). The van der Waals surface area contributed by atoms with E-state index >= 15 is 0 Å². The maximum absolute atomic E-state index is 12.4. The molecule has 1 fully saturated rings. The highest BCUT2D eigenvalue weighted by molar-refractivity contribution is 7.14. The third kappa shape index (κ3) is 6.05. The quantitative estimate of drug-likeness (QED) is 0.681. The van der Waals surface area contributed by atoms with E-state index in [1.54, 1.807) is 11.0 Å². The summed E-state index contributed by atoms with van der Waals surface area (Å²) in [6, 6.07) is 11.3. The first-order valence-electron chi connectivity index (χ1n) is 9.57. The van der Waals surface area contributed by atoms with Gasteiger partial charge in [0, 0.05) is 54.6 Å². The number of nitrogens with one attached hydrogen (secondary N) is 1. The first-order chi connectivity index (χ1) is 13.9. The second kappa shape index (κ2) is 9.89. The van der Waals surface area contributed by atoms with Crippen LogP contribution in [-0.2, 0) is 9.59 Å². The van der Waals surface area contributed by atoms with Crippen LogP contribution >= 0.6 is 22.9 Å². The zero-order valence-corrected chi connectivity index (χ0v) is 17.9. The molecule has 2 amide bonds. The lowest BCUT2D eigenvalue weighted by molar-refractivity contribution is -0.133. The number of aryl methyl sites for hydroxylation is 1. The minimum atomic E-state index is -0.278. The number of rotatable bonds is 7. The standard InChI is InChI=1S/C21H24ClN3O3S/c1-15-2-8-19(29-15)18(26)7-9-20(27)23-14-21(28)25-12-10-24(11-13-25)17-5-3-16(22)4-6-17/h2-6,8H,7,9-14H2,1H3,(H,23,27). The number of ketones is 1. The summed E-state index contributed by atoms with van der Waals surface area (Å²) < 4.78 is 0. The van der Waals surface area contributed by atoms with Crippen molar-refractivity contribution in [2.75, 3.05) is 37.6 Å². The second-order valence-electron chi connectivity index (χ2n) is 6.95. The Morgan fingerprint density at radius 3 is 2.31 bits per heavy atom. The molecule has 0 radical (unpaired) electrons. The number of thiophene rings is 1. The van der Waals surface area contributed by atoms with Gasteiger partial charge in [0.1, 0.15) is 0 Å². The van der Waals surface area contributed by atoms with E-state index in [0.717, 1.165) is 23.7 Å². The van der Waals surface area contributed by atoms with Gasteiger partial charge < -0.3 is 15.1 Å². The molecule has 0 atom stereocenters. The molecule has 2 heterocycles. The number of piperazine rings is 1. The molecule has 29 heavy (non-hydrogen) atoms. The number of benzene rings is 1. The van der Waals surface area contributed by atoms with Crippen LogP contribution in [0.5, 0.6) is 0 Å². The van der Waals surface area contributed by atoms with Crippen molar-refractivity contribution in [2.24, 2.45) is 0 Å². The van der Waals surface area contributed by atoms with Gasteiger partial charge in [-0.2, -0.15) is 0 Å². The maximum atomic E-state index is 12.4. The van der Waals surface area contributed by atoms with Crippen molar-refractivity contribution < 1.29 is 14.4 Å². The third-order valence-electron chi connectivity index (χ3n) is 4.86. The van der Waals surface area contributed by atoms with Crippen LogP contribution in [0.4, 0.5) is 5.69 Å². The topological polar surface area (TPSA) is 69.7 Å². The van der Waals surface area contributed by atoms with Crippen LogP contribution in [0.3, 0.4) is 0 Å². The molecule has 1 aromatic carbocycles. The van der Waals surface area contributed by atoms with Crippen molar-refractivity contribution >= 4 is 46.2 Å². The molecule has 1 aliphatic heterocycles. The highest BCUT2D eigenvalue weighted by atomic mass is 35.5. The third-order valence-corrected chi connectivity index (χ3v) is 6.15. The van der Waals surface area contributed by atoms with Gasteiger partial charge in [0.2, 0.25) is 11.8 Å². The fourth-order valence-corrected chi connectivity index (χ4v) is 4.14. The van der Waals surface area contributed by atoms with Gasteiger partial charge in [-0.05, 0) is 43.3 Å². The predicted octanol–water partition coefficient (Wildman–Crippen LogP) is 3.14. The zero-order chi connectivity index (χ0) is 20.8. The summed E-state index contributed by atoms with van der Waals surface area (Å²) >= 11 is 7.35. The lowest BCUT2D eigenvalue weighted by atomic mass is 10.2. The summed E-state index contributed by atoms with van der Waals surface area (Å²) in [5.74, 6) is -0.419.